The minimum Gasteiger partial charge on any atom is -0.493 e. The van der Waals surface area contributed by atoms with Gasteiger partial charge >= 0.3 is 0 Å². The number of carbonyl (C=O) groups is 1. The lowest BCUT2D eigenvalue weighted by Gasteiger charge is -2.17. The molecule has 0 bridgehead atoms. The van der Waals surface area contributed by atoms with E-state index in [1.54, 1.807) is 14.2 Å². The molecule has 0 fully saturated rings. The van der Waals surface area contributed by atoms with Crippen LogP contribution in [0.1, 0.15) is 36.3 Å². The first kappa shape index (κ1) is 26.8. The molecule has 198 valence electrons. The van der Waals surface area contributed by atoms with E-state index in [9.17, 15) is 4.79 Å². The van der Waals surface area contributed by atoms with Crippen LogP contribution in [0, 0.1) is 0 Å². The van der Waals surface area contributed by atoms with Crippen molar-refractivity contribution in [3.05, 3.63) is 96.3 Å². The Labute approximate surface area is 224 Å². The van der Waals surface area contributed by atoms with Crippen LogP contribution in [0.25, 0.3) is 11.0 Å². The molecule has 1 atom stereocenters. The van der Waals surface area contributed by atoms with E-state index in [-0.39, 0.29) is 18.4 Å². The molecule has 0 saturated carbocycles. The van der Waals surface area contributed by atoms with Gasteiger partial charge in [-0.25, -0.2) is 4.98 Å². The van der Waals surface area contributed by atoms with Gasteiger partial charge in [-0.2, -0.15) is 0 Å². The summed E-state index contributed by atoms with van der Waals surface area (Å²) in [4.78, 5) is 17.8. The number of aromatic nitrogens is 2. The number of allylic oxidation sites excluding steroid dienone is 1. The van der Waals surface area contributed by atoms with Gasteiger partial charge in [0.05, 0.1) is 44.3 Å². The van der Waals surface area contributed by atoms with Crippen LogP contribution in [-0.4, -0.2) is 36.3 Å². The molecule has 0 saturated heterocycles. The predicted octanol–water partition coefficient (Wildman–Crippen LogP) is 5.67. The van der Waals surface area contributed by atoms with Gasteiger partial charge in [0, 0.05) is 6.54 Å². The van der Waals surface area contributed by atoms with Gasteiger partial charge in [-0.15, -0.1) is 6.58 Å². The van der Waals surface area contributed by atoms with Crippen LogP contribution < -0.4 is 19.5 Å². The topological polar surface area (TPSA) is 74.6 Å². The highest BCUT2D eigenvalue weighted by atomic mass is 16.5. The minimum atomic E-state index is -0.274. The Balaban J connectivity index is 1.43. The normalized spacial score (nSPS) is 11.7. The molecule has 1 heterocycles. The van der Waals surface area contributed by atoms with E-state index in [0.29, 0.717) is 18.1 Å². The summed E-state index contributed by atoms with van der Waals surface area (Å²) < 4.78 is 18.9. The van der Waals surface area contributed by atoms with E-state index in [1.165, 1.54) is 0 Å². The Morgan fingerprint density at radius 2 is 1.79 bits per heavy atom. The van der Waals surface area contributed by atoms with Crippen molar-refractivity contribution in [3.63, 3.8) is 0 Å². The van der Waals surface area contributed by atoms with Crippen LogP contribution in [0.2, 0.25) is 0 Å². The number of para-hydroxylation sites is 3. The van der Waals surface area contributed by atoms with Crippen molar-refractivity contribution >= 4 is 16.9 Å². The van der Waals surface area contributed by atoms with E-state index >= 15 is 0 Å². The van der Waals surface area contributed by atoms with E-state index in [2.05, 4.69) is 28.6 Å². The van der Waals surface area contributed by atoms with Crippen LogP contribution >= 0.6 is 0 Å². The molecule has 7 heteroatoms. The highest BCUT2D eigenvalue weighted by Gasteiger charge is 2.19. The zero-order valence-corrected chi connectivity index (χ0v) is 22.3. The summed E-state index contributed by atoms with van der Waals surface area (Å²) in [6.07, 6.45) is 3.67. The maximum Gasteiger partial charge on any atom is 0.224 e. The number of aryl methyl sites for hydroxylation is 1. The van der Waals surface area contributed by atoms with Crippen molar-refractivity contribution < 1.29 is 19.0 Å². The summed E-state index contributed by atoms with van der Waals surface area (Å²) in [7, 11) is 3.17. The number of rotatable bonds is 13. The molecule has 38 heavy (non-hydrogen) atoms. The van der Waals surface area contributed by atoms with Gasteiger partial charge in [-0.1, -0.05) is 42.5 Å². The third-order valence-electron chi connectivity index (χ3n) is 6.38. The number of hydrogen-bond donors (Lipinski definition) is 1. The molecular formula is C31H35N3O4. The molecule has 1 N–H and O–H groups in total. The van der Waals surface area contributed by atoms with Crippen LogP contribution in [0.4, 0.5) is 0 Å². The molecule has 0 spiro atoms. The smallest absolute Gasteiger partial charge is 0.224 e. The Bertz CT molecular complexity index is 1400. The number of amides is 1. The highest BCUT2D eigenvalue weighted by Crippen LogP contribution is 2.28. The van der Waals surface area contributed by atoms with Gasteiger partial charge < -0.3 is 24.1 Å². The number of nitrogens with zero attached hydrogens (tertiary/aromatic N) is 2. The molecule has 0 aliphatic rings. The number of methoxy groups -OCH3 is 2. The average molecular weight is 514 g/mol. The maximum absolute atomic E-state index is 12.9. The van der Waals surface area contributed by atoms with Crippen molar-refractivity contribution in [3.8, 4) is 17.2 Å². The number of ether oxygens (including phenoxy) is 3. The lowest BCUT2D eigenvalue weighted by atomic mass is 10.1. The quantitative estimate of drug-likeness (QED) is 0.184. The largest absolute Gasteiger partial charge is 0.493 e. The summed E-state index contributed by atoms with van der Waals surface area (Å²) in [6, 6.07) is 21.3. The monoisotopic (exact) mass is 513 g/mol. The van der Waals surface area contributed by atoms with Crippen molar-refractivity contribution in [1.82, 2.24) is 14.9 Å². The number of carbonyl (C=O) groups excluding carboxylic acids is 1. The first-order valence-corrected chi connectivity index (χ1v) is 12.8. The van der Waals surface area contributed by atoms with Crippen molar-refractivity contribution in [2.75, 3.05) is 20.8 Å². The average Bonchev–Trinajstić information content (AvgIpc) is 3.30. The Morgan fingerprint density at radius 3 is 2.58 bits per heavy atom. The second kappa shape index (κ2) is 12.8. The summed E-state index contributed by atoms with van der Waals surface area (Å²) in [5.74, 6) is 2.84. The number of fused-ring (bicyclic) bond motifs is 1. The molecule has 1 aromatic heterocycles. The first-order valence-electron chi connectivity index (χ1n) is 12.8. The molecule has 1 amide bonds. The molecule has 4 aromatic rings. The molecular weight excluding hydrogens is 478 g/mol. The second-order valence-electron chi connectivity index (χ2n) is 9.07. The standard InChI is InChI=1S/C31H35N3O4/c1-5-11-24-12-6-9-15-27(24)38-19-10-18-34-26-14-8-7-13-25(26)33-31(34)22(2)32-30(35)21-23-16-17-28(36-3)29(20-23)37-4/h5-9,12-17,20,22H,1,10-11,18-19,21H2,2-4H3,(H,32,35). The maximum atomic E-state index is 12.9. The molecule has 0 aliphatic heterocycles. The third kappa shape index (κ3) is 6.35. The first-order chi connectivity index (χ1) is 18.5. The fourth-order valence-electron chi connectivity index (χ4n) is 4.57. The Hall–Kier alpha value is -4.26. The lowest BCUT2D eigenvalue weighted by Crippen LogP contribution is -2.30. The fourth-order valence-corrected chi connectivity index (χ4v) is 4.57. The highest BCUT2D eigenvalue weighted by molar-refractivity contribution is 5.80. The van der Waals surface area contributed by atoms with Crippen molar-refractivity contribution in [2.45, 2.75) is 38.8 Å². The van der Waals surface area contributed by atoms with Crippen LogP contribution in [0.5, 0.6) is 17.2 Å². The predicted molar refractivity (Wildman–Crippen MR) is 150 cm³/mol. The summed E-state index contributed by atoms with van der Waals surface area (Å²) in [5, 5.41) is 3.11. The van der Waals surface area contributed by atoms with Crippen LogP contribution in [-0.2, 0) is 24.2 Å². The summed E-state index contributed by atoms with van der Waals surface area (Å²) in [5.41, 5.74) is 3.91. The SMILES string of the molecule is C=CCc1ccccc1OCCCn1c(C(C)NC(=O)Cc2ccc(OC)c(OC)c2)nc2ccccc21. The zero-order valence-electron chi connectivity index (χ0n) is 22.3. The zero-order chi connectivity index (χ0) is 26.9. The number of imidazole rings is 1. The molecule has 0 radical (unpaired) electrons. The molecule has 0 aliphatic carbocycles. The second-order valence-corrected chi connectivity index (χ2v) is 9.07. The van der Waals surface area contributed by atoms with E-state index in [4.69, 9.17) is 19.2 Å². The van der Waals surface area contributed by atoms with Gasteiger partial charge in [-0.3, -0.25) is 4.79 Å². The number of benzene rings is 3. The van der Waals surface area contributed by atoms with E-state index < -0.39 is 0 Å². The van der Waals surface area contributed by atoms with Gasteiger partial charge in [0.25, 0.3) is 0 Å². The van der Waals surface area contributed by atoms with Crippen molar-refractivity contribution in [1.29, 1.82) is 0 Å². The molecule has 1 unspecified atom stereocenters. The minimum absolute atomic E-state index is 0.0921. The van der Waals surface area contributed by atoms with Gasteiger partial charge in [-0.05, 0) is 61.2 Å². The van der Waals surface area contributed by atoms with Crippen LogP contribution in [0.3, 0.4) is 0 Å². The fraction of sp³-hybridized carbons (Fsp3) is 0.290. The molecule has 3 aromatic carbocycles. The number of hydrogen-bond acceptors (Lipinski definition) is 5. The van der Waals surface area contributed by atoms with Gasteiger partial charge in [0.2, 0.25) is 5.91 Å². The summed E-state index contributed by atoms with van der Waals surface area (Å²) in [6.45, 7) is 7.09. The molecule has 4 rings (SSSR count). The summed E-state index contributed by atoms with van der Waals surface area (Å²) >= 11 is 0. The van der Waals surface area contributed by atoms with Gasteiger partial charge in [0.1, 0.15) is 11.6 Å². The Morgan fingerprint density at radius 1 is 1.03 bits per heavy atom. The third-order valence-corrected chi connectivity index (χ3v) is 6.38. The lowest BCUT2D eigenvalue weighted by molar-refractivity contribution is -0.121. The van der Waals surface area contributed by atoms with Crippen LogP contribution in [0.15, 0.2) is 79.4 Å². The van der Waals surface area contributed by atoms with Crippen molar-refractivity contribution in [2.24, 2.45) is 0 Å². The Kier molecular flexibility index (Phi) is 9.03. The number of nitrogens with one attached hydrogen (secondary N) is 1. The van der Waals surface area contributed by atoms with Gasteiger partial charge in [0.15, 0.2) is 11.5 Å². The van der Waals surface area contributed by atoms with E-state index in [0.717, 1.165) is 53.1 Å². The molecule has 7 nitrogen and oxygen atoms in total. The van der Waals surface area contributed by atoms with E-state index in [1.807, 2.05) is 67.6 Å².